The molecule has 0 heterocycles. The molecule has 0 saturated heterocycles. The zero-order chi connectivity index (χ0) is 12.1. The maximum Gasteiger partial charge on any atom is 0.135 e. The van der Waals surface area contributed by atoms with E-state index in [2.05, 4.69) is 37.2 Å². The molecule has 0 saturated carbocycles. The maximum absolute atomic E-state index is 5.60. The third kappa shape index (κ3) is 3.68. The van der Waals surface area contributed by atoms with Crippen LogP contribution < -0.4 is 10.1 Å². The molecule has 0 aliphatic rings. The molecule has 0 unspecified atom stereocenters. The first-order chi connectivity index (χ1) is 7.58. The van der Waals surface area contributed by atoms with Gasteiger partial charge in [0.2, 0.25) is 0 Å². The van der Waals surface area contributed by atoms with Crippen LogP contribution >= 0.6 is 43.5 Å². The summed E-state index contributed by atoms with van der Waals surface area (Å²) in [5, 5.41) is 3.27. The number of halogens is 3. The van der Waals surface area contributed by atoms with E-state index in [1.54, 1.807) is 12.6 Å². The van der Waals surface area contributed by atoms with Gasteiger partial charge in [-0.1, -0.05) is 11.6 Å². The Bertz CT molecular complexity index is 407. The monoisotopic (exact) mass is 367 g/mol. The molecule has 1 N–H and O–H groups in total. The van der Waals surface area contributed by atoms with Crippen LogP contribution in [0.2, 0.25) is 0 Å². The summed E-state index contributed by atoms with van der Waals surface area (Å²) in [6.07, 6.45) is 0. The Kier molecular flexibility index (Phi) is 5.66. The zero-order valence-electron chi connectivity index (χ0n) is 8.98. The van der Waals surface area contributed by atoms with Gasteiger partial charge in [-0.3, -0.25) is 0 Å². The summed E-state index contributed by atoms with van der Waals surface area (Å²) in [6, 6.07) is 3.87. The lowest BCUT2D eigenvalue weighted by atomic mass is 10.2. The van der Waals surface area contributed by atoms with Crippen LogP contribution in [-0.4, -0.2) is 13.7 Å². The summed E-state index contributed by atoms with van der Waals surface area (Å²) >= 11 is 12.5. The van der Waals surface area contributed by atoms with Gasteiger partial charge in [-0.25, -0.2) is 0 Å². The molecule has 16 heavy (non-hydrogen) atoms. The Hall–Kier alpha value is -0.190. The first-order valence-corrected chi connectivity index (χ1v) is 6.63. The van der Waals surface area contributed by atoms with E-state index in [-0.39, 0.29) is 0 Å². The maximum atomic E-state index is 5.60. The first-order valence-electron chi connectivity index (χ1n) is 4.61. The van der Waals surface area contributed by atoms with Crippen molar-refractivity contribution in [3.63, 3.8) is 0 Å². The highest BCUT2D eigenvalue weighted by Gasteiger charge is 2.06. The molecular formula is C11H12Br2ClNO. The van der Waals surface area contributed by atoms with Crippen LogP contribution in [0.3, 0.4) is 0 Å². The molecule has 0 amide bonds. The second kappa shape index (κ2) is 6.52. The fourth-order valence-electron chi connectivity index (χ4n) is 1.09. The van der Waals surface area contributed by atoms with Crippen molar-refractivity contribution in [3.05, 3.63) is 32.2 Å². The van der Waals surface area contributed by atoms with Gasteiger partial charge in [0.25, 0.3) is 0 Å². The van der Waals surface area contributed by atoms with Gasteiger partial charge in [0.1, 0.15) is 5.75 Å². The van der Waals surface area contributed by atoms with Crippen LogP contribution in [0.5, 0.6) is 5.75 Å². The Morgan fingerprint density at radius 2 is 2.12 bits per heavy atom. The van der Waals surface area contributed by atoms with Crippen LogP contribution in [0, 0.1) is 0 Å². The Morgan fingerprint density at radius 1 is 1.44 bits per heavy atom. The first kappa shape index (κ1) is 13.9. The number of hydrogen-bond donors (Lipinski definition) is 1. The standard InChI is InChI=1S/C11H12Br2ClNO/c1-7(5-14)6-15-10-4-11(16-2)9(13)3-8(10)12/h3-5,15H,6H2,1-2H3/b7-5+. The average Bonchev–Trinajstić information content (AvgIpc) is 2.27. The summed E-state index contributed by atoms with van der Waals surface area (Å²) in [6.45, 7) is 2.66. The topological polar surface area (TPSA) is 21.3 Å². The lowest BCUT2D eigenvalue weighted by Crippen LogP contribution is -2.03. The molecule has 0 bridgehead atoms. The highest BCUT2D eigenvalue weighted by molar-refractivity contribution is 9.11. The van der Waals surface area contributed by atoms with Crippen molar-refractivity contribution in [2.24, 2.45) is 0 Å². The highest BCUT2D eigenvalue weighted by Crippen LogP contribution is 2.34. The summed E-state index contributed by atoms with van der Waals surface area (Å²) in [4.78, 5) is 0. The molecule has 88 valence electrons. The van der Waals surface area contributed by atoms with Gasteiger partial charge in [0, 0.05) is 22.6 Å². The quantitative estimate of drug-likeness (QED) is 0.825. The minimum absolute atomic E-state index is 0.701. The van der Waals surface area contributed by atoms with Gasteiger partial charge < -0.3 is 10.1 Å². The van der Waals surface area contributed by atoms with Gasteiger partial charge in [0.15, 0.2) is 0 Å². The van der Waals surface area contributed by atoms with E-state index in [4.69, 9.17) is 16.3 Å². The molecule has 1 aromatic rings. The Morgan fingerprint density at radius 3 is 2.69 bits per heavy atom. The van der Waals surface area contributed by atoms with Crippen molar-refractivity contribution in [1.29, 1.82) is 0 Å². The van der Waals surface area contributed by atoms with Crippen LogP contribution in [-0.2, 0) is 0 Å². The molecule has 0 aliphatic carbocycles. The summed E-state index contributed by atoms with van der Waals surface area (Å²) in [5.74, 6) is 0.790. The predicted octanol–water partition coefficient (Wildman–Crippen LogP) is 4.77. The molecule has 1 rings (SSSR count). The molecular weight excluding hydrogens is 357 g/mol. The number of hydrogen-bond acceptors (Lipinski definition) is 2. The second-order valence-electron chi connectivity index (χ2n) is 3.28. The molecule has 0 fully saturated rings. The van der Waals surface area contributed by atoms with Crippen LogP contribution in [0.15, 0.2) is 32.2 Å². The number of benzene rings is 1. The smallest absolute Gasteiger partial charge is 0.135 e. The minimum Gasteiger partial charge on any atom is -0.495 e. The van der Waals surface area contributed by atoms with Crippen molar-refractivity contribution >= 4 is 49.1 Å². The molecule has 0 spiro atoms. The van der Waals surface area contributed by atoms with Crippen LogP contribution in [0.4, 0.5) is 5.69 Å². The Labute approximate surface area is 117 Å². The van der Waals surface area contributed by atoms with Crippen LogP contribution in [0.1, 0.15) is 6.92 Å². The van der Waals surface area contributed by atoms with E-state index in [0.29, 0.717) is 6.54 Å². The van der Waals surface area contributed by atoms with Gasteiger partial charge in [0.05, 0.1) is 17.3 Å². The van der Waals surface area contributed by atoms with E-state index < -0.39 is 0 Å². The largest absolute Gasteiger partial charge is 0.495 e. The summed E-state index contributed by atoms with van der Waals surface area (Å²) in [5.41, 5.74) is 3.60. The normalized spacial score (nSPS) is 11.4. The van der Waals surface area contributed by atoms with E-state index in [0.717, 1.165) is 26.0 Å². The van der Waals surface area contributed by atoms with Gasteiger partial charge >= 0.3 is 0 Å². The molecule has 5 heteroatoms. The van der Waals surface area contributed by atoms with Crippen molar-refractivity contribution in [2.75, 3.05) is 19.0 Å². The van der Waals surface area contributed by atoms with Crippen molar-refractivity contribution < 1.29 is 4.74 Å². The third-order valence-corrected chi connectivity index (χ3v) is 3.63. The lowest BCUT2D eigenvalue weighted by molar-refractivity contribution is 0.412. The third-order valence-electron chi connectivity index (χ3n) is 1.99. The molecule has 0 aromatic heterocycles. The van der Waals surface area contributed by atoms with Gasteiger partial charge in [-0.2, -0.15) is 0 Å². The van der Waals surface area contributed by atoms with Crippen molar-refractivity contribution in [1.82, 2.24) is 0 Å². The molecule has 1 aromatic carbocycles. The fraction of sp³-hybridized carbons (Fsp3) is 0.273. The second-order valence-corrected chi connectivity index (χ2v) is 5.20. The molecule has 0 aliphatic heterocycles. The van der Waals surface area contributed by atoms with Crippen molar-refractivity contribution in [2.45, 2.75) is 6.92 Å². The minimum atomic E-state index is 0.701. The van der Waals surface area contributed by atoms with Crippen molar-refractivity contribution in [3.8, 4) is 5.75 Å². The Balaban J connectivity index is 2.87. The van der Waals surface area contributed by atoms with E-state index in [1.807, 2.05) is 19.1 Å². The molecule has 2 nitrogen and oxygen atoms in total. The van der Waals surface area contributed by atoms with Crippen LogP contribution in [0.25, 0.3) is 0 Å². The fourth-order valence-corrected chi connectivity index (χ4v) is 2.47. The van der Waals surface area contributed by atoms with E-state index >= 15 is 0 Å². The number of nitrogens with one attached hydrogen (secondary N) is 1. The van der Waals surface area contributed by atoms with Gasteiger partial charge in [-0.15, -0.1) is 0 Å². The van der Waals surface area contributed by atoms with E-state index in [1.165, 1.54) is 0 Å². The number of rotatable bonds is 4. The number of anilines is 1. The van der Waals surface area contributed by atoms with Gasteiger partial charge in [-0.05, 0) is 50.4 Å². The average molecular weight is 369 g/mol. The SMILES string of the molecule is COc1cc(NC/C(C)=C/Cl)c(Br)cc1Br. The number of ether oxygens (including phenoxy) is 1. The molecule has 0 radical (unpaired) electrons. The zero-order valence-corrected chi connectivity index (χ0v) is 12.9. The lowest BCUT2D eigenvalue weighted by Gasteiger charge is -2.11. The summed E-state index contributed by atoms with van der Waals surface area (Å²) in [7, 11) is 1.64. The van der Waals surface area contributed by atoms with E-state index in [9.17, 15) is 0 Å². The molecule has 0 atom stereocenters. The summed E-state index contributed by atoms with van der Waals surface area (Å²) < 4.78 is 7.11. The number of methoxy groups -OCH3 is 1. The highest BCUT2D eigenvalue weighted by atomic mass is 79.9. The predicted molar refractivity (Wildman–Crippen MR) is 76.5 cm³/mol.